The van der Waals surface area contributed by atoms with Crippen LogP contribution in [0.1, 0.15) is 31.7 Å². The highest BCUT2D eigenvalue weighted by Gasteiger charge is 2.28. The van der Waals surface area contributed by atoms with E-state index < -0.39 is 0 Å². The van der Waals surface area contributed by atoms with Gasteiger partial charge in [0.15, 0.2) is 5.82 Å². The Morgan fingerprint density at radius 3 is 2.60 bits per heavy atom. The number of para-hydroxylation sites is 3. The molecular formula is C23H22FN5O. The molecule has 152 valence electrons. The van der Waals surface area contributed by atoms with Crippen LogP contribution in [-0.2, 0) is 4.79 Å². The summed E-state index contributed by atoms with van der Waals surface area (Å²) in [4.78, 5) is 17.2. The number of nitrogens with zero attached hydrogens (tertiary/aromatic N) is 4. The van der Waals surface area contributed by atoms with Crippen molar-refractivity contribution in [1.82, 2.24) is 19.3 Å². The van der Waals surface area contributed by atoms with Crippen LogP contribution in [0, 0.1) is 11.7 Å². The first-order valence-corrected chi connectivity index (χ1v) is 10.2. The van der Waals surface area contributed by atoms with Gasteiger partial charge in [-0.05, 0) is 49.9 Å². The molecule has 4 aromatic rings. The normalized spacial score (nSPS) is 19.1. The van der Waals surface area contributed by atoms with E-state index in [0.717, 1.165) is 36.7 Å². The molecule has 0 aliphatic heterocycles. The van der Waals surface area contributed by atoms with E-state index in [9.17, 15) is 9.18 Å². The van der Waals surface area contributed by atoms with Crippen LogP contribution in [0.15, 0.2) is 67.1 Å². The second-order valence-corrected chi connectivity index (χ2v) is 7.73. The van der Waals surface area contributed by atoms with Gasteiger partial charge in [0.25, 0.3) is 0 Å². The smallest absolute Gasteiger partial charge is 0.228 e. The second kappa shape index (κ2) is 7.74. The lowest BCUT2D eigenvalue weighted by Gasteiger charge is -2.28. The van der Waals surface area contributed by atoms with Gasteiger partial charge >= 0.3 is 0 Å². The van der Waals surface area contributed by atoms with Gasteiger partial charge in [-0.2, -0.15) is 0 Å². The van der Waals surface area contributed by atoms with Gasteiger partial charge in [0.2, 0.25) is 5.91 Å². The van der Waals surface area contributed by atoms with Crippen molar-refractivity contribution in [2.45, 2.75) is 31.7 Å². The largest absolute Gasteiger partial charge is 0.327 e. The number of imidazole rings is 1. The zero-order chi connectivity index (χ0) is 20.5. The predicted octanol–water partition coefficient (Wildman–Crippen LogP) is 4.73. The third-order valence-electron chi connectivity index (χ3n) is 5.88. The minimum absolute atomic E-state index is 0.0253. The monoisotopic (exact) mass is 403 g/mol. The van der Waals surface area contributed by atoms with E-state index in [2.05, 4.69) is 26.0 Å². The molecule has 6 nitrogen and oxygen atoms in total. The summed E-state index contributed by atoms with van der Waals surface area (Å²) < 4.78 is 17.6. The van der Waals surface area contributed by atoms with Gasteiger partial charge < -0.3 is 9.88 Å². The quantitative estimate of drug-likeness (QED) is 0.536. The maximum absolute atomic E-state index is 13.9. The molecule has 0 spiro atoms. The molecule has 0 radical (unpaired) electrons. The fourth-order valence-electron chi connectivity index (χ4n) is 4.28. The topological polar surface area (TPSA) is 64.7 Å². The molecule has 0 atom stereocenters. The van der Waals surface area contributed by atoms with E-state index >= 15 is 0 Å². The van der Waals surface area contributed by atoms with Crippen LogP contribution in [-0.4, -0.2) is 25.2 Å². The van der Waals surface area contributed by atoms with Gasteiger partial charge in [-0.25, -0.2) is 14.1 Å². The van der Waals surface area contributed by atoms with Crippen LogP contribution in [0.4, 0.5) is 10.2 Å². The number of aromatic nitrogens is 4. The van der Waals surface area contributed by atoms with E-state index in [4.69, 9.17) is 0 Å². The number of amides is 1. The lowest BCUT2D eigenvalue weighted by molar-refractivity contribution is -0.121. The van der Waals surface area contributed by atoms with Crippen molar-refractivity contribution in [1.29, 1.82) is 0 Å². The maximum atomic E-state index is 13.9. The Bertz CT molecular complexity index is 1190. The summed E-state index contributed by atoms with van der Waals surface area (Å²) in [5.74, 6) is 0.00664. The van der Waals surface area contributed by atoms with Crippen molar-refractivity contribution in [3.05, 3.63) is 72.9 Å². The molecule has 1 saturated carbocycles. The summed E-state index contributed by atoms with van der Waals surface area (Å²) in [7, 11) is 0. The zero-order valence-corrected chi connectivity index (χ0v) is 16.4. The van der Waals surface area contributed by atoms with Crippen LogP contribution >= 0.6 is 0 Å². The fourth-order valence-corrected chi connectivity index (χ4v) is 4.28. The fraction of sp³-hybridized carbons (Fsp3) is 0.261. The summed E-state index contributed by atoms with van der Waals surface area (Å²) in [5.41, 5.74) is 2.50. The van der Waals surface area contributed by atoms with Crippen LogP contribution in [0.25, 0.3) is 16.7 Å². The van der Waals surface area contributed by atoms with Gasteiger partial charge in [0.05, 0.1) is 17.4 Å². The number of fused-ring (bicyclic) bond motifs is 1. The van der Waals surface area contributed by atoms with E-state index in [1.54, 1.807) is 30.5 Å². The third kappa shape index (κ3) is 3.47. The predicted molar refractivity (Wildman–Crippen MR) is 113 cm³/mol. The first kappa shape index (κ1) is 18.5. The van der Waals surface area contributed by atoms with Crippen molar-refractivity contribution in [2.24, 2.45) is 5.92 Å². The van der Waals surface area contributed by atoms with E-state index in [1.807, 2.05) is 24.5 Å². The molecule has 7 heteroatoms. The number of carbonyl (C=O) groups is 1. The lowest BCUT2D eigenvalue weighted by atomic mass is 9.85. The minimum Gasteiger partial charge on any atom is -0.327 e. The Morgan fingerprint density at radius 2 is 1.77 bits per heavy atom. The van der Waals surface area contributed by atoms with Gasteiger partial charge in [-0.1, -0.05) is 24.3 Å². The second-order valence-electron chi connectivity index (χ2n) is 7.73. The van der Waals surface area contributed by atoms with Crippen LogP contribution in [0.5, 0.6) is 0 Å². The Hall–Kier alpha value is -3.48. The molecule has 2 aromatic carbocycles. The number of anilines is 1. The Morgan fingerprint density at radius 1 is 1.00 bits per heavy atom. The molecule has 1 aliphatic rings. The number of halogens is 1. The lowest BCUT2D eigenvalue weighted by Crippen LogP contribution is -2.28. The van der Waals surface area contributed by atoms with Crippen molar-refractivity contribution >= 4 is 22.8 Å². The molecule has 30 heavy (non-hydrogen) atoms. The highest BCUT2D eigenvalue weighted by Crippen LogP contribution is 2.34. The summed E-state index contributed by atoms with van der Waals surface area (Å²) in [6.45, 7) is 0. The molecule has 5 rings (SSSR count). The Kier molecular flexibility index (Phi) is 4.78. The minimum atomic E-state index is -0.358. The first-order chi connectivity index (χ1) is 14.7. The van der Waals surface area contributed by atoms with Crippen molar-refractivity contribution < 1.29 is 9.18 Å². The first-order valence-electron chi connectivity index (χ1n) is 10.2. The number of hydrogen-bond donors (Lipinski definition) is 1. The highest BCUT2D eigenvalue weighted by atomic mass is 19.1. The SMILES string of the molecule is O=C(Nc1ccn(-c2ccccc2F)n1)[C@H]1CC[C@@H](n2cnc3ccccc32)CC1. The molecule has 2 aromatic heterocycles. The van der Waals surface area contributed by atoms with Crippen LogP contribution in [0.3, 0.4) is 0 Å². The molecule has 1 amide bonds. The molecule has 1 N–H and O–H groups in total. The summed E-state index contributed by atoms with van der Waals surface area (Å²) >= 11 is 0. The zero-order valence-electron chi connectivity index (χ0n) is 16.4. The van der Waals surface area contributed by atoms with Crippen molar-refractivity contribution in [2.75, 3.05) is 5.32 Å². The molecule has 1 aliphatic carbocycles. The maximum Gasteiger partial charge on any atom is 0.228 e. The average Bonchev–Trinajstić information content (AvgIpc) is 3.41. The summed E-state index contributed by atoms with van der Waals surface area (Å²) in [6, 6.07) is 16.6. The molecular weight excluding hydrogens is 381 g/mol. The molecule has 1 fully saturated rings. The summed E-state index contributed by atoms with van der Waals surface area (Å²) in [6.07, 6.45) is 7.05. The van der Waals surface area contributed by atoms with Crippen molar-refractivity contribution in [3.8, 4) is 5.69 Å². The van der Waals surface area contributed by atoms with Gasteiger partial charge in [-0.3, -0.25) is 4.79 Å². The molecule has 2 heterocycles. The van der Waals surface area contributed by atoms with E-state index in [-0.39, 0.29) is 17.6 Å². The Labute approximate surface area is 173 Å². The van der Waals surface area contributed by atoms with Gasteiger partial charge in [-0.15, -0.1) is 5.10 Å². The highest BCUT2D eigenvalue weighted by molar-refractivity contribution is 5.91. The molecule has 0 saturated heterocycles. The molecule has 0 unspecified atom stereocenters. The van der Waals surface area contributed by atoms with Crippen LogP contribution < -0.4 is 5.32 Å². The average molecular weight is 403 g/mol. The van der Waals surface area contributed by atoms with Gasteiger partial charge in [0, 0.05) is 24.2 Å². The Balaban J connectivity index is 1.22. The van der Waals surface area contributed by atoms with Crippen LogP contribution in [0.2, 0.25) is 0 Å². The number of nitrogens with one attached hydrogen (secondary N) is 1. The third-order valence-corrected chi connectivity index (χ3v) is 5.88. The molecule has 0 bridgehead atoms. The standard InChI is InChI=1S/C23H22FN5O/c24-18-5-1-3-7-20(18)29-14-13-22(27-29)26-23(30)16-9-11-17(12-10-16)28-15-25-19-6-2-4-8-21(19)28/h1-8,13-17H,9-12H2,(H,26,27,30)/t16-,17+. The van der Waals surface area contributed by atoms with Gasteiger partial charge in [0.1, 0.15) is 11.5 Å². The number of rotatable bonds is 4. The number of benzene rings is 2. The van der Waals surface area contributed by atoms with Crippen molar-refractivity contribution in [3.63, 3.8) is 0 Å². The summed E-state index contributed by atoms with van der Waals surface area (Å²) in [5, 5.41) is 7.19. The van der Waals surface area contributed by atoms with E-state index in [0.29, 0.717) is 17.5 Å². The number of hydrogen-bond acceptors (Lipinski definition) is 3. The number of carbonyl (C=O) groups excluding carboxylic acids is 1. The van der Waals surface area contributed by atoms with E-state index in [1.165, 1.54) is 10.7 Å².